The van der Waals surface area contributed by atoms with Gasteiger partial charge < -0.3 is 14.2 Å². The lowest BCUT2D eigenvalue weighted by Crippen LogP contribution is -2.37. The van der Waals surface area contributed by atoms with Crippen LogP contribution in [0.3, 0.4) is 0 Å². The van der Waals surface area contributed by atoms with Crippen LogP contribution in [0.2, 0.25) is 0 Å². The van der Waals surface area contributed by atoms with Gasteiger partial charge in [0, 0.05) is 0 Å². The summed E-state index contributed by atoms with van der Waals surface area (Å²) in [6, 6.07) is 6.45. The van der Waals surface area contributed by atoms with Gasteiger partial charge >= 0.3 is 5.97 Å². The number of fused-ring (bicyclic) bond motifs is 1. The summed E-state index contributed by atoms with van der Waals surface area (Å²) in [6.07, 6.45) is 5.54. The van der Waals surface area contributed by atoms with Crippen molar-refractivity contribution < 1.29 is 19.0 Å². The number of esters is 1. The van der Waals surface area contributed by atoms with Crippen LogP contribution < -0.4 is 4.74 Å². The van der Waals surface area contributed by atoms with Crippen LogP contribution in [0.4, 0.5) is 0 Å². The van der Waals surface area contributed by atoms with Crippen LogP contribution in [0, 0.1) is 0 Å². The molecule has 0 saturated heterocycles. The number of hydrogen-bond acceptors (Lipinski definition) is 4. The standard InChI is InChI=1S/C23H32O4/c1-5-25-22(24)21(27-23(2,3)4)19-11-7-6-10-18(19)16-12-13-20-17(15-16)9-8-14-26-20/h12-13,15,21H,5-11,14H2,1-4H3. The monoisotopic (exact) mass is 372 g/mol. The zero-order valence-electron chi connectivity index (χ0n) is 17.1. The Morgan fingerprint density at radius 3 is 2.67 bits per heavy atom. The van der Waals surface area contributed by atoms with Crippen LogP contribution >= 0.6 is 0 Å². The number of ether oxygens (including phenoxy) is 3. The maximum Gasteiger partial charge on any atom is 0.339 e. The van der Waals surface area contributed by atoms with Gasteiger partial charge in [-0.15, -0.1) is 0 Å². The molecule has 4 nitrogen and oxygen atoms in total. The van der Waals surface area contributed by atoms with Crippen molar-refractivity contribution in [1.82, 2.24) is 0 Å². The number of aryl methyl sites for hydroxylation is 1. The number of allylic oxidation sites excluding steroid dienone is 1. The maximum absolute atomic E-state index is 12.7. The van der Waals surface area contributed by atoms with E-state index in [1.807, 2.05) is 27.7 Å². The molecular weight excluding hydrogens is 340 g/mol. The Morgan fingerprint density at radius 2 is 1.93 bits per heavy atom. The van der Waals surface area contributed by atoms with Gasteiger partial charge in [0.05, 0.1) is 18.8 Å². The molecule has 1 unspecified atom stereocenters. The highest BCUT2D eigenvalue weighted by molar-refractivity contribution is 5.84. The first-order valence-electron chi connectivity index (χ1n) is 10.2. The van der Waals surface area contributed by atoms with E-state index in [0.29, 0.717) is 6.61 Å². The van der Waals surface area contributed by atoms with E-state index < -0.39 is 11.7 Å². The Morgan fingerprint density at radius 1 is 1.15 bits per heavy atom. The number of hydrogen-bond donors (Lipinski definition) is 0. The first kappa shape index (κ1) is 19.9. The van der Waals surface area contributed by atoms with Crippen LogP contribution in [0.25, 0.3) is 5.57 Å². The van der Waals surface area contributed by atoms with E-state index >= 15 is 0 Å². The summed E-state index contributed by atoms with van der Waals surface area (Å²) in [5, 5.41) is 0. The Labute approximate surface area is 162 Å². The van der Waals surface area contributed by atoms with Gasteiger partial charge in [0.2, 0.25) is 0 Å². The van der Waals surface area contributed by atoms with E-state index in [4.69, 9.17) is 14.2 Å². The van der Waals surface area contributed by atoms with Gasteiger partial charge in [-0.2, -0.15) is 0 Å². The smallest absolute Gasteiger partial charge is 0.339 e. The molecule has 2 aliphatic rings. The zero-order chi connectivity index (χ0) is 19.4. The Bertz CT molecular complexity index is 712. The molecule has 0 spiro atoms. The molecule has 0 aromatic heterocycles. The second-order valence-corrected chi connectivity index (χ2v) is 8.35. The van der Waals surface area contributed by atoms with E-state index in [9.17, 15) is 4.79 Å². The number of carbonyl (C=O) groups excluding carboxylic acids is 1. The van der Waals surface area contributed by atoms with Crippen LogP contribution in [-0.4, -0.2) is 30.9 Å². The quantitative estimate of drug-likeness (QED) is 0.676. The fourth-order valence-electron chi connectivity index (χ4n) is 3.93. The number of rotatable bonds is 5. The van der Waals surface area contributed by atoms with Gasteiger partial charge in [-0.3, -0.25) is 0 Å². The van der Waals surface area contributed by atoms with E-state index in [1.165, 1.54) is 16.7 Å². The fourth-order valence-corrected chi connectivity index (χ4v) is 3.93. The molecule has 0 bridgehead atoms. The van der Waals surface area contributed by atoms with Gasteiger partial charge in [-0.25, -0.2) is 4.79 Å². The van der Waals surface area contributed by atoms with Crippen LogP contribution in [0.5, 0.6) is 5.75 Å². The summed E-state index contributed by atoms with van der Waals surface area (Å²) in [4.78, 5) is 12.7. The minimum atomic E-state index is -0.632. The molecule has 0 fully saturated rings. The van der Waals surface area contributed by atoms with Crippen molar-refractivity contribution >= 4 is 11.5 Å². The molecule has 0 N–H and O–H groups in total. The molecule has 27 heavy (non-hydrogen) atoms. The van der Waals surface area contributed by atoms with Crippen molar-refractivity contribution in [3.63, 3.8) is 0 Å². The molecule has 1 heterocycles. The molecular formula is C23H32O4. The predicted molar refractivity (Wildman–Crippen MR) is 107 cm³/mol. The second-order valence-electron chi connectivity index (χ2n) is 8.35. The van der Waals surface area contributed by atoms with E-state index in [2.05, 4.69) is 18.2 Å². The third kappa shape index (κ3) is 4.92. The Balaban J connectivity index is 2.01. The molecule has 3 rings (SSSR count). The fraction of sp³-hybridized carbons (Fsp3) is 0.609. The van der Waals surface area contributed by atoms with Gasteiger partial charge in [0.15, 0.2) is 6.10 Å². The molecule has 0 radical (unpaired) electrons. The largest absolute Gasteiger partial charge is 0.493 e. The van der Waals surface area contributed by atoms with E-state index in [-0.39, 0.29) is 5.97 Å². The van der Waals surface area contributed by atoms with Gasteiger partial charge in [0.25, 0.3) is 0 Å². The normalized spacial score (nSPS) is 18.5. The van der Waals surface area contributed by atoms with E-state index in [1.54, 1.807) is 0 Å². The third-order valence-corrected chi connectivity index (χ3v) is 5.06. The van der Waals surface area contributed by atoms with Crippen molar-refractivity contribution in [2.75, 3.05) is 13.2 Å². The number of carbonyl (C=O) groups is 1. The molecule has 148 valence electrons. The highest BCUT2D eigenvalue weighted by Gasteiger charge is 2.33. The van der Waals surface area contributed by atoms with Crippen molar-refractivity contribution in [1.29, 1.82) is 0 Å². The van der Waals surface area contributed by atoms with Crippen LogP contribution in [0.1, 0.15) is 70.9 Å². The van der Waals surface area contributed by atoms with Crippen molar-refractivity contribution in [2.24, 2.45) is 0 Å². The highest BCUT2D eigenvalue weighted by Crippen LogP contribution is 2.38. The third-order valence-electron chi connectivity index (χ3n) is 5.06. The molecule has 0 amide bonds. The molecule has 1 aliphatic carbocycles. The minimum Gasteiger partial charge on any atom is -0.493 e. The lowest BCUT2D eigenvalue weighted by atomic mass is 9.83. The van der Waals surface area contributed by atoms with Crippen LogP contribution in [-0.2, 0) is 20.7 Å². The second kappa shape index (κ2) is 8.47. The Hall–Kier alpha value is -1.81. The summed E-state index contributed by atoms with van der Waals surface area (Å²) in [7, 11) is 0. The SMILES string of the molecule is CCOC(=O)C(OC(C)(C)C)C1=C(c2ccc3c(c2)CCCO3)CCCC1. The van der Waals surface area contributed by atoms with Gasteiger partial charge in [0.1, 0.15) is 5.75 Å². The minimum absolute atomic E-state index is 0.275. The molecule has 0 saturated carbocycles. The maximum atomic E-state index is 12.7. The molecule has 1 aliphatic heterocycles. The van der Waals surface area contributed by atoms with Crippen LogP contribution in [0.15, 0.2) is 23.8 Å². The number of benzene rings is 1. The summed E-state index contributed by atoms with van der Waals surface area (Å²) < 4.78 is 17.3. The molecule has 1 aromatic rings. The summed E-state index contributed by atoms with van der Waals surface area (Å²) in [5.74, 6) is 0.721. The summed E-state index contributed by atoms with van der Waals surface area (Å²) in [5.41, 5.74) is 4.38. The predicted octanol–water partition coefficient (Wildman–Crippen LogP) is 5.09. The average Bonchev–Trinajstić information content (AvgIpc) is 2.65. The Kier molecular flexibility index (Phi) is 6.25. The van der Waals surface area contributed by atoms with Gasteiger partial charge in [-0.1, -0.05) is 6.07 Å². The summed E-state index contributed by atoms with van der Waals surface area (Å²) in [6.45, 7) is 8.95. The molecule has 4 heteroatoms. The van der Waals surface area contributed by atoms with Crippen molar-refractivity contribution in [3.05, 3.63) is 34.9 Å². The summed E-state index contributed by atoms with van der Waals surface area (Å²) >= 11 is 0. The lowest BCUT2D eigenvalue weighted by molar-refractivity contribution is -0.162. The average molecular weight is 373 g/mol. The lowest BCUT2D eigenvalue weighted by Gasteiger charge is -2.32. The van der Waals surface area contributed by atoms with Crippen molar-refractivity contribution in [3.8, 4) is 5.75 Å². The van der Waals surface area contributed by atoms with E-state index in [0.717, 1.165) is 56.5 Å². The topological polar surface area (TPSA) is 44.8 Å². The van der Waals surface area contributed by atoms with Gasteiger partial charge in [-0.05, 0) is 101 Å². The zero-order valence-corrected chi connectivity index (χ0v) is 17.1. The molecule has 1 atom stereocenters. The first-order valence-corrected chi connectivity index (χ1v) is 10.2. The first-order chi connectivity index (χ1) is 12.9. The molecule has 1 aromatic carbocycles. The van der Waals surface area contributed by atoms with Crippen molar-refractivity contribution in [2.45, 2.75) is 77.9 Å². The highest BCUT2D eigenvalue weighted by atomic mass is 16.6.